The van der Waals surface area contributed by atoms with E-state index >= 15 is 0 Å². The maximum atomic E-state index is 10.0. The van der Waals surface area contributed by atoms with Crippen molar-refractivity contribution in [2.75, 3.05) is 31.7 Å². The summed E-state index contributed by atoms with van der Waals surface area (Å²) in [5.74, 6) is 2.60. The number of rotatable bonds is 8. The molecule has 0 atom stereocenters. The van der Waals surface area contributed by atoms with Gasteiger partial charge in [0.15, 0.2) is 0 Å². The second kappa shape index (κ2) is 9.36. The van der Waals surface area contributed by atoms with Crippen molar-refractivity contribution in [2.45, 2.75) is 25.6 Å². The summed E-state index contributed by atoms with van der Waals surface area (Å²) in [6, 6.07) is 11.5. The van der Waals surface area contributed by atoms with Crippen LogP contribution >= 0.6 is 0 Å². The summed E-state index contributed by atoms with van der Waals surface area (Å²) >= 11 is 0. The number of anilines is 1. The van der Waals surface area contributed by atoms with E-state index in [9.17, 15) is 10.4 Å². The van der Waals surface area contributed by atoms with E-state index in [2.05, 4.69) is 26.0 Å². The van der Waals surface area contributed by atoms with Gasteiger partial charge in [-0.15, -0.1) is 0 Å². The minimum Gasteiger partial charge on any atom is -0.497 e. The molecule has 0 amide bonds. The van der Waals surface area contributed by atoms with Gasteiger partial charge in [0, 0.05) is 29.6 Å². The average Bonchev–Trinajstić information content (AvgIpc) is 3.27. The molecule has 36 heavy (non-hydrogen) atoms. The van der Waals surface area contributed by atoms with Crippen LogP contribution in [0.1, 0.15) is 19.4 Å². The largest absolute Gasteiger partial charge is 0.497 e. The standard InChI is InChI=1S/C26H26N6O4/c1-26(2,33)16-35-20-8-22(25-18(10-27)12-30-32(25)15-20)17-4-5-23(29-11-17)31-13-21(14-31)36-24-9-19(34-3)6-7-28-24/h4-9,11-12,15,21,33H,13-14,16H2,1-3H3. The Bertz CT molecular complexity index is 1420. The minimum atomic E-state index is -0.984. The van der Waals surface area contributed by atoms with Crippen LogP contribution in [0.15, 0.2) is 55.1 Å². The molecule has 1 saturated heterocycles. The first-order valence-corrected chi connectivity index (χ1v) is 11.5. The number of nitrogens with zero attached hydrogens (tertiary/aromatic N) is 6. The lowest BCUT2D eigenvalue weighted by atomic mass is 10.0. The normalized spacial score (nSPS) is 13.8. The van der Waals surface area contributed by atoms with E-state index in [-0.39, 0.29) is 12.7 Å². The van der Waals surface area contributed by atoms with Crippen LogP contribution in [0.4, 0.5) is 5.82 Å². The molecule has 1 aliphatic rings. The molecular weight excluding hydrogens is 460 g/mol. The number of ether oxygens (including phenoxy) is 3. The van der Waals surface area contributed by atoms with Gasteiger partial charge in [0.1, 0.15) is 36.1 Å². The monoisotopic (exact) mass is 486 g/mol. The zero-order valence-electron chi connectivity index (χ0n) is 20.3. The Balaban J connectivity index is 1.33. The van der Waals surface area contributed by atoms with Gasteiger partial charge in [-0.3, -0.25) is 0 Å². The summed E-state index contributed by atoms with van der Waals surface area (Å²) in [5.41, 5.74) is 1.73. The molecule has 4 aromatic heterocycles. The van der Waals surface area contributed by atoms with Crippen molar-refractivity contribution >= 4 is 11.3 Å². The smallest absolute Gasteiger partial charge is 0.217 e. The Hall–Kier alpha value is -4.36. The third kappa shape index (κ3) is 4.87. The first-order chi connectivity index (χ1) is 17.3. The van der Waals surface area contributed by atoms with E-state index in [1.807, 2.05) is 18.2 Å². The van der Waals surface area contributed by atoms with Crippen LogP contribution in [-0.4, -0.2) is 63.2 Å². The van der Waals surface area contributed by atoms with Crippen LogP contribution in [0.3, 0.4) is 0 Å². The molecule has 5 rings (SSSR count). The van der Waals surface area contributed by atoms with Gasteiger partial charge in [0.05, 0.1) is 49.3 Å². The maximum Gasteiger partial charge on any atom is 0.217 e. The molecule has 0 spiro atoms. The molecule has 4 aromatic rings. The van der Waals surface area contributed by atoms with Crippen molar-refractivity contribution in [1.29, 1.82) is 5.26 Å². The molecule has 10 nitrogen and oxygen atoms in total. The summed E-state index contributed by atoms with van der Waals surface area (Å²) in [5, 5.41) is 23.9. The average molecular weight is 487 g/mol. The Kier molecular flexibility index (Phi) is 6.08. The highest BCUT2D eigenvalue weighted by Crippen LogP contribution is 2.32. The lowest BCUT2D eigenvalue weighted by molar-refractivity contribution is 0.0283. The SMILES string of the molecule is COc1ccnc(OC2CN(c3ccc(-c4cc(OCC(C)(C)O)cn5ncc(C#N)c45)cn3)C2)c1. The van der Waals surface area contributed by atoms with Crippen molar-refractivity contribution in [3.8, 4) is 34.6 Å². The number of pyridine rings is 3. The molecule has 0 aliphatic carbocycles. The zero-order chi connectivity index (χ0) is 25.3. The summed E-state index contributed by atoms with van der Waals surface area (Å²) in [4.78, 5) is 11.0. The van der Waals surface area contributed by atoms with Gasteiger partial charge >= 0.3 is 0 Å². The van der Waals surface area contributed by atoms with Gasteiger partial charge in [-0.25, -0.2) is 14.5 Å². The molecule has 5 heterocycles. The van der Waals surface area contributed by atoms with Crippen LogP contribution in [0.2, 0.25) is 0 Å². The molecule has 0 saturated carbocycles. The van der Waals surface area contributed by atoms with Crippen molar-refractivity contribution < 1.29 is 19.3 Å². The van der Waals surface area contributed by atoms with Gasteiger partial charge < -0.3 is 24.2 Å². The Morgan fingerprint density at radius 1 is 1.14 bits per heavy atom. The lowest BCUT2D eigenvalue weighted by Crippen LogP contribution is -2.54. The molecule has 10 heteroatoms. The van der Waals surface area contributed by atoms with Crippen molar-refractivity contribution in [3.63, 3.8) is 0 Å². The van der Waals surface area contributed by atoms with Crippen LogP contribution in [0.25, 0.3) is 16.6 Å². The zero-order valence-corrected chi connectivity index (χ0v) is 20.3. The van der Waals surface area contributed by atoms with Crippen LogP contribution in [0, 0.1) is 11.3 Å². The highest BCUT2D eigenvalue weighted by Gasteiger charge is 2.30. The van der Waals surface area contributed by atoms with Gasteiger partial charge in [-0.05, 0) is 38.1 Å². The Labute approximate surface area is 208 Å². The molecular formula is C26H26N6O4. The van der Waals surface area contributed by atoms with Crippen LogP contribution in [0.5, 0.6) is 17.4 Å². The number of fused-ring (bicyclic) bond motifs is 1. The Morgan fingerprint density at radius 2 is 1.97 bits per heavy atom. The fourth-order valence-corrected chi connectivity index (χ4v) is 3.92. The number of aromatic nitrogens is 4. The number of hydrogen-bond donors (Lipinski definition) is 1. The molecule has 0 aromatic carbocycles. The van der Waals surface area contributed by atoms with Gasteiger partial charge in [-0.2, -0.15) is 10.4 Å². The molecule has 0 radical (unpaired) electrons. The summed E-state index contributed by atoms with van der Waals surface area (Å²) in [6.07, 6.45) is 6.67. The highest BCUT2D eigenvalue weighted by atomic mass is 16.5. The fourth-order valence-electron chi connectivity index (χ4n) is 3.92. The quantitative estimate of drug-likeness (QED) is 0.401. The fraction of sp³-hybridized carbons (Fsp3) is 0.308. The predicted molar refractivity (Wildman–Crippen MR) is 132 cm³/mol. The number of hydrogen-bond acceptors (Lipinski definition) is 9. The van der Waals surface area contributed by atoms with E-state index in [4.69, 9.17) is 14.2 Å². The highest BCUT2D eigenvalue weighted by molar-refractivity contribution is 5.85. The molecule has 1 aliphatic heterocycles. The molecule has 0 bridgehead atoms. The summed E-state index contributed by atoms with van der Waals surface area (Å²) < 4.78 is 18.6. The lowest BCUT2D eigenvalue weighted by Gasteiger charge is -2.39. The number of aliphatic hydroxyl groups is 1. The first-order valence-electron chi connectivity index (χ1n) is 11.5. The summed E-state index contributed by atoms with van der Waals surface area (Å²) in [6.45, 7) is 4.85. The van der Waals surface area contributed by atoms with Crippen molar-refractivity contribution in [3.05, 3.63) is 60.7 Å². The van der Waals surface area contributed by atoms with Gasteiger partial charge in [0.25, 0.3) is 0 Å². The van der Waals surface area contributed by atoms with E-state index in [0.717, 1.165) is 16.9 Å². The third-order valence-corrected chi connectivity index (χ3v) is 5.76. The second-order valence-corrected chi connectivity index (χ2v) is 9.24. The topological polar surface area (TPSA) is 118 Å². The van der Waals surface area contributed by atoms with Crippen LogP contribution < -0.4 is 19.1 Å². The van der Waals surface area contributed by atoms with Crippen molar-refractivity contribution in [2.24, 2.45) is 0 Å². The van der Waals surface area contributed by atoms with E-state index in [1.165, 1.54) is 6.20 Å². The Morgan fingerprint density at radius 3 is 2.67 bits per heavy atom. The first kappa shape index (κ1) is 23.4. The third-order valence-electron chi connectivity index (χ3n) is 5.76. The van der Waals surface area contributed by atoms with E-state index < -0.39 is 5.60 Å². The number of methoxy groups -OCH3 is 1. The predicted octanol–water partition coefficient (Wildman–Crippen LogP) is 3.09. The second-order valence-electron chi connectivity index (χ2n) is 9.24. The van der Waals surface area contributed by atoms with E-state index in [0.29, 0.717) is 41.5 Å². The summed E-state index contributed by atoms with van der Waals surface area (Å²) in [7, 11) is 1.61. The van der Waals surface area contributed by atoms with Crippen molar-refractivity contribution in [1.82, 2.24) is 19.6 Å². The number of nitriles is 1. The van der Waals surface area contributed by atoms with Crippen LogP contribution in [-0.2, 0) is 0 Å². The molecule has 1 N–H and O–H groups in total. The van der Waals surface area contributed by atoms with Gasteiger partial charge in [0.2, 0.25) is 5.88 Å². The maximum absolute atomic E-state index is 10.0. The molecule has 1 fully saturated rings. The van der Waals surface area contributed by atoms with Gasteiger partial charge in [-0.1, -0.05) is 0 Å². The minimum absolute atomic E-state index is 0.0142. The molecule has 184 valence electrons. The molecule has 0 unspecified atom stereocenters. The van der Waals surface area contributed by atoms with E-state index in [1.54, 1.807) is 56.2 Å².